The molecule has 0 bridgehead atoms. The molecule has 0 aromatic heterocycles. The predicted molar refractivity (Wildman–Crippen MR) is 81.8 cm³/mol. The second kappa shape index (κ2) is 6.80. The summed E-state index contributed by atoms with van der Waals surface area (Å²) < 4.78 is 5.31. The van der Waals surface area contributed by atoms with Crippen LogP contribution in [0.3, 0.4) is 0 Å². The van der Waals surface area contributed by atoms with Crippen LogP contribution in [0.5, 0.6) is 5.75 Å². The molecule has 1 aliphatic heterocycles. The molecule has 21 heavy (non-hydrogen) atoms. The molecule has 0 radical (unpaired) electrons. The third kappa shape index (κ3) is 3.47. The van der Waals surface area contributed by atoms with Crippen LogP contribution in [0, 0.1) is 0 Å². The number of rotatable bonds is 4. The van der Waals surface area contributed by atoms with Crippen molar-refractivity contribution in [3.63, 3.8) is 0 Å². The van der Waals surface area contributed by atoms with Gasteiger partial charge < -0.3 is 15.0 Å². The van der Waals surface area contributed by atoms with Crippen molar-refractivity contribution < 1.29 is 14.3 Å². The average molecular weight is 311 g/mol. The van der Waals surface area contributed by atoms with Gasteiger partial charge in [-0.3, -0.25) is 9.59 Å². The monoisotopic (exact) mass is 310 g/mol. The average Bonchev–Trinajstić information content (AvgIpc) is 2.59. The van der Waals surface area contributed by atoms with E-state index in [9.17, 15) is 9.59 Å². The van der Waals surface area contributed by atoms with Crippen LogP contribution in [0.4, 0.5) is 5.69 Å². The standard InChI is InChI=1S/C15H19ClN2O3/c1-3-4-11-15(20)18(8-7-14(19)17-11)12-9-10(16)5-6-13(12)21-2/h5-6,9,11H,3-4,7-8H2,1-2H3,(H,17,19). The van der Waals surface area contributed by atoms with Gasteiger partial charge in [-0.25, -0.2) is 0 Å². The van der Waals surface area contributed by atoms with Crippen molar-refractivity contribution in [1.29, 1.82) is 0 Å². The molecule has 0 saturated carbocycles. The Morgan fingerprint density at radius 1 is 1.43 bits per heavy atom. The Kier molecular flexibility index (Phi) is 5.07. The SMILES string of the molecule is CCCC1NC(=O)CCN(c2cc(Cl)ccc2OC)C1=O. The highest BCUT2D eigenvalue weighted by molar-refractivity contribution is 6.31. The first-order valence-electron chi connectivity index (χ1n) is 7.01. The highest BCUT2D eigenvalue weighted by Gasteiger charge is 2.31. The van der Waals surface area contributed by atoms with Gasteiger partial charge in [0.2, 0.25) is 11.8 Å². The molecule has 1 heterocycles. The summed E-state index contributed by atoms with van der Waals surface area (Å²) >= 11 is 6.03. The third-order valence-electron chi connectivity index (χ3n) is 3.47. The van der Waals surface area contributed by atoms with Crippen molar-refractivity contribution in [3.8, 4) is 5.75 Å². The second-order valence-corrected chi connectivity index (χ2v) is 5.40. The number of benzene rings is 1. The summed E-state index contributed by atoms with van der Waals surface area (Å²) in [5.41, 5.74) is 0.604. The van der Waals surface area contributed by atoms with Gasteiger partial charge in [-0.15, -0.1) is 0 Å². The molecule has 1 aliphatic rings. The lowest BCUT2D eigenvalue weighted by atomic mass is 10.1. The largest absolute Gasteiger partial charge is 0.495 e. The van der Waals surface area contributed by atoms with Gasteiger partial charge in [-0.1, -0.05) is 24.9 Å². The van der Waals surface area contributed by atoms with Crippen molar-refractivity contribution in [1.82, 2.24) is 5.32 Å². The normalized spacial score (nSPS) is 19.2. The van der Waals surface area contributed by atoms with Gasteiger partial charge >= 0.3 is 0 Å². The van der Waals surface area contributed by atoms with Gasteiger partial charge in [0.05, 0.1) is 12.8 Å². The van der Waals surface area contributed by atoms with Crippen LogP contribution in [0.1, 0.15) is 26.2 Å². The highest BCUT2D eigenvalue weighted by Crippen LogP contribution is 2.32. The minimum atomic E-state index is -0.492. The van der Waals surface area contributed by atoms with E-state index in [1.54, 1.807) is 30.2 Å². The maximum atomic E-state index is 12.7. The highest BCUT2D eigenvalue weighted by atomic mass is 35.5. The molecule has 0 aliphatic carbocycles. The van der Waals surface area contributed by atoms with Crippen LogP contribution in [-0.2, 0) is 9.59 Å². The Morgan fingerprint density at radius 3 is 2.86 bits per heavy atom. The van der Waals surface area contributed by atoms with Crippen LogP contribution in [0.25, 0.3) is 0 Å². The van der Waals surface area contributed by atoms with Gasteiger partial charge in [0, 0.05) is 18.0 Å². The second-order valence-electron chi connectivity index (χ2n) is 4.96. The molecule has 2 amide bonds. The summed E-state index contributed by atoms with van der Waals surface area (Å²) in [6.07, 6.45) is 1.70. The van der Waals surface area contributed by atoms with Gasteiger partial charge in [-0.05, 0) is 24.6 Å². The molecule has 1 aromatic carbocycles. The lowest BCUT2D eigenvalue weighted by Crippen LogP contribution is -2.44. The zero-order valence-corrected chi connectivity index (χ0v) is 12.9. The van der Waals surface area contributed by atoms with Crippen molar-refractivity contribution in [2.75, 3.05) is 18.6 Å². The first kappa shape index (κ1) is 15.6. The van der Waals surface area contributed by atoms with E-state index in [0.29, 0.717) is 29.4 Å². The van der Waals surface area contributed by atoms with E-state index in [1.165, 1.54) is 0 Å². The third-order valence-corrected chi connectivity index (χ3v) is 3.71. The van der Waals surface area contributed by atoms with Gasteiger partial charge in [0.1, 0.15) is 11.8 Å². The van der Waals surface area contributed by atoms with Crippen LogP contribution in [0.15, 0.2) is 18.2 Å². The van der Waals surface area contributed by atoms with Crippen LogP contribution < -0.4 is 15.0 Å². The lowest BCUT2D eigenvalue weighted by molar-refractivity contribution is -0.125. The fraction of sp³-hybridized carbons (Fsp3) is 0.467. The number of halogens is 1. The van der Waals surface area contributed by atoms with Crippen LogP contribution >= 0.6 is 11.6 Å². The lowest BCUT2D eigenvalue weighted by Gasteiger charge is -2.25. The smallest absolute Gasteiger partial charge is 0.249 e. The minimum absolute atomic E-state index is 0.106. The molecule has 1 N–H and O–H groups in total. The van der Waals surface area contributed by atoms with E-state index in [0.717, 1.165) is 6.42 Å². The number of amides is 2. The minimum Gasteiger partial charge on any atom is -0.495 e. The number of hydrogen-bond acceptors (Lipinski definition) is 3. The van der Waals surface area contributed by atoms with Crippen molar-refractivity contribution >= 4 is 29.1 Å². The Labute approximate surface area is 129 Å². The Morgan fingerprint density at radius 2 is 2.19 bits per heavy atom. The van der Waals surface area contributed by atoms with E-state index in [1.807, 2.05) is 6.92 Å². The molecule has 1 saturated heterocycles. The predicted octanol–water partition coefficient (Wildman–Crippen LogP) is 2.37. The van der Waals surface area contributed by atoms with Crippen molar-refractivity contribution in [2.24, 2.45) is 0 Å². The van der Waals surface area contributed by atoms with E-state index < -0.39 is 6.04 Å². The number of anilines is 1. The molecule has 1 atom stereocenters. The summed E-state index contributed by atoms with van der Waals surface area (Å²) in [4.78, 5) is 26.0. The molecule has 6 heteroatoms. The van der Waals surface area contributed by atoms with Gasteiger partial charge in [-0.2, -0.15) is 0 Å². The number of ether oxygens (including phenoxy) is 1. The first-order chi connectivity index (χ1) is 10.1. The zero-order chi connectivity index (χ0) is 15.4. The van der Waals surface area contributed by atoms with Crippen molar-refractivity contribution in [2.45, 2.75) is 32.2 Å². The van der Waals surface area contributed by atoms with E-state index >= 15 is 0 Å². The number of nitrogens with one attached hydrogen (secondary N) is 1. The Bertz CT molecular complexity index is 548. The number of carbonyl (C=O) groups is 2. The molecule has 1 fully saturated rings. The maximum absolute atomic E-state index is 12.7. The van der Waals surface area contributed by atoms with Crippen LogP contribution in [0.2, 0.25) is 5.02 Å². The molecule has 1 unspecified atom stereocenters. The first-order valence-corrected chi connectivity index (χ1v) is 7.39. The topological polar surface area (TPSA) is 58.6 Å². The summed E-state index contributed by atoms with van der Waals surface area (Å²) in [6.45, 7) is 2.30. The Hall–Kier alpha value is -1.75. The van der Waals surface area contributed by atoms with E-state index in [-0.39, 0.29) is 18.2 Å². The maximum Gasteiger partial charge on any atom is 0.249 e. The molecule has 5 nitrogen and oxygen atoms in total. The van der Waals surface area contributed by atoms with Crippen LogP contribution in [-0.4, -0.2) is 31.5 Å². The molecular weight excluding hydrogens is 292 g/mol. The summed E-state index contributed by atoms with van der Waals surface area (Å²) in [5, 5.41) is 3.30. The molecule has 1 aromatic rings. The number of nitrogens with zero attached hydrogens (tertiary/aromatic N) is 1. The summed E-state index contributed by atoms with van der Waals surface area (Å²) in [7, 11) is 1.54. The molecule has 2 rings (SSSR count). The van der Waals surface area contributed by atoms with Crippen molar-refractivity contribution in [3.05, 3.63) is 23.2 Å². The fourth-order valence-corrected chi connectivity index (χ4v) is 2.60. The molecule has 0 spiro atoms. The molecular formula is C15H19ClN2O3. The fourth-order valence-electron chi connectivity index (χ4n) is 2.44. The number of methoxy groups -OCH3 is 1. The van der Waals surface area contributed by atoms with E-state index in [4.69, 9.17) is 16.3 Å². The zero-order valence-electron chi connectivity index (χ0n) is 12.2. The van der Waals surface area contributed by atoms with E-state index in [2.05, 4.69) is 5.32 Å². The quantitative estimate of drug-likeness (QED) is 0.929. The Balaban J connectivity index is 2.38. The van der Waals surface area contributed by atoms with Gasteiger partial charge in [0.15, 0.2) is 0 Å². The van der Waals surface area contributed by atoms with Gasteiger partial charge in [0.25, 0.3) is 0 Å². The summed E-state index contributed by atoms with van der Waals surface area (Å²) in [6, 6.07) is 4.63. The molecule has 114 valence electrons. The number of hydrogen-bond donors (Lipinski definition) is 1. The summed E-state index contributed by atoms with van der Waals surface area (Å²) in [5.74, 6) is 0.339. The number of carbonyl (C=O) groups excluding carboxylic acids is 2.